The molecule has 1 fully saturated rings. The van der Waals surface area contributed by atoms with Crippen molar-refractivity contribution in [3.8, 4) is 0 Å². The summed E-state index contributed by atoms with van der Waals surface area (Å²) in [6, 6.07) is 5.35. The molecule has 0 amide bonds. The predicted molar refractivity (Wildman–Crippen MR) is 69.8 cm³/mol. The van der Waals surface area contributed by atoms with Crippen molar-refractivity contribution in [3.05, 3.63) is 22.4 Å². The van der Waals surface area contributed by atoms with E-state index in [9.17, 15) is 0 Å². The zero-order chi connectivity index (χ0) is 11.5. The normalized spacial score (nSPS) is 25.8. The predicted octanol–water partition coefficient (Wildman–Crippen LogP) is 1.38. The molecular weight excluding hydrogens is 218 g/mol. The number of nitrogens with two attached hydrogens (primary N) is 1. The molecule has 1 aromatic rings. The fourth-order valence-electron chi connectivity index (χ4n) is 2.29. The van der Waals surface area contributed by atoms with E-state index in [2.05, 4.69) is 41.3 Å². The highest BCUT2D eigenvalue weighted by atomic mass is 32.1. The second-order valence-electron chi connectivity index (χ2n) is 4.59. The van der Waals surface area contributed by atoms with Crippen LogP contribution in [0.25, 0.3) is 0 Å². The number of rotatable bonds is 3. The number of hydrogen-bond acceptors (Lipinski definition) is 4. The molecule has 16 heavy (non-hydrogen) atoms. The molecule has 2 atom stereocenters. The Hall–Kier alpha value is -0.420. The monoisotopic (exact) mass is 239 g/mol. The molecule has 2 rings (SSSR count). The summed E-state index contributed by atoms with van der Waals surface area (Å²) in [7, 11) is 2.20. The lowest BCUT2D eigenvalue weighted by Gasteiger charge is -2.41. The van der Waals surface area contributed by atoms with Crippen molar-refractivity contribution in [3.63, 3.8) is 0 Å². The molecule has 2 N–H and O–H groups in total. The Morgan fingerprint density at radius 1 is 1.56 bits per heavy atom. The Bertz CT molecular complexity index is 312. The Morgan fingerprint density at radius 2 is 2.38 bits per heavy atom. The van der Waals surface area contributed by atoms with Crippen molar-refractivity contribution in [2.24, 2.45) is 5.73 Å². The minimum atomic E-state index is 0.413. The summed E-state index contributed by atoms with van der Waals surface area (Å²) in [6.07, 6.45) is 0. The van der Waals surface area contributed by atoms with Crippen LogP contribution in [0.3, 0.4) is 0 Å². The van der Waals surface area contributed by atoms with Gasteiger partial charge >= 0.3 is 0 Å². The maximum absolute atomic E-state index is 5.93. The number of piperazine rings is 1. The van der Waals surface area contributed by atoms with E-state index < -0.39 is 0 Å². The number of nitrogens with zero attached hydrogens (tertiary/aromatic N) is 2. The van der Waals surface area contributed by atoms with Gasteiger partial charge in [0.15, 0.2) is 0 Å². The molecule has 0 aliphatic carbocycles. The molecule has 1 aromatic heterocycles. The van der Waals surface area contributed by atoms with Gasteiger partial charge < -0.3 is 10.6 Å². The third-order valence-corrected chi connectivity index (χ3v) is 4.50. The summed E-state index contributed by atoms with van der Waals surface area (Å²) < 4.78 is 0. The van der Waals surface area contributed by atoms with Crippen molar-refractivity contribution in [1.82, 2.24) is 9.80 Å². The highest BCUT2D eigenvalue weighted by Crippen LogP contribution is 2.26. The SMILES string of the molecule is CC1CN(C(CN)c2cccs2)CCN1C. The van der Waals surface area contributed by atoms with Crippen LogP contribution in [0.15, 0.2) is 17.5 Å². The number of likely N-dealkylation sites (N-methyl/N-ethyl adjacent to an activating group) is 1. The van der Waals surface area contributed by atoms with Crippen LogP contribution in [0.5, 0.6) is 0 Å². The van der Waals surface area contributed by atoms with Crippen molar-refractivity contribution < 1.29 is 0 Å². The van der Waals surface area contributed by atoms with Gasteiger partial charge in [-0.05, 0) is 25.4 Å². The fourth-order valence-corrected chi connectivity index (χ4v) is 3.16. The quantitative estimate of drug-likeness (QED) is 0.865. The van der Waals surface area contributed by atoms with Gasteiger partial charge in [0.05, 0.1) is 6.04 Å². The standard InChI is InChI=1S/C12H21N3S/c1-10-9-15(6-5-14(10)2)11(8-13)12-4-3-7-16-12/h3-4,7,10-11H,5-6,8-9,13H2,1-2H3. The van der Waals surface area contributed by atoms with Crippen molar-refractivity contribution in [1.29, 1.82) is 0 Å². The first-order chi connectivity index (χ1) is 7.72. The van der Waals surface area contributed by atoms with Crippen molar-refractivity contribution >= 4 is 11.3 Å². The highest BCUT2D eigenvalue weighted by Gasteiger charge is 2.26. The molecule has 0 spiro atoms. The number of thiophene rings is 1. The van der Waals surface area contributed by atoms with Crippen LogP contribution in [-0.4, -0.2) is 49.1 Å². The van der Waals surface area contributed by atoms with Gasteiger partial charge in [0.25, 0.3) is 0 Å². The molecule has 2 unspecified atom stereocenters. The van der Waals surface area contributed by atoms with E-state index in [0.717, 1.165) is 26.2 Å². The van der Waals surface area contributed by atoms with Crippen LogP contribution < -0.4 is 5.73 Å². The second kappa shape index (κ2) is 5.27. The zero-order valence-electron chi connectivity index (χ0n) is 10.1. The van der Waals surface area contributed by atoms with Gasteiger partial charge in [-0.25, -0.2) is 0 Å². The lowest BCUT2D eigenvalue weighted by atomic mass is 10.1. The Kier molecular flexibility index (Phi) is 3.97. The van der Waals surface area contributed by atoms with Crippen molar-refractivity contribution in [2.45, 2.75) is 19.0 Å². The van der Waals surface area contributed by atoms with Crippen LogP contribution >= 0.6 is 11.3 Å². The molecule has 0 bridgehead atoms. The molecule has 1 saturated heterocycles. The molecule has 0 saturated carbocycles. The van der Waals surface area contributed by atoms with Crippen LogP contribution in [0.4, 0.5) is 0 Å². The highest BCUT2D eigenvalue weighted by molar-refractivity contribution is 7.10. The molecule has 4 heteroatoms. The maximum Gasteiger partial charge on any atom is 0.0565 e. The van der Waals surface area contributed by atoms with Gasteiger partial charge in [-0.3, -0.25) is 4.90 Å². The number of hydrogen-bond donors (Lipinski definition) is 1. The zero-order valence-corrected chi connectivity index (χ0v) is 10.9. The van der Waals surface area contributed by atoms with Crippen LogP contribution in [0.1, 0.15) is 17.8 Å². The lowest BCUT2D eigenvalue weighted by Crippen LogP contribution is -2.52. The molecule has 1 aliphatic heterocycles. The largest absolute Gasteiger partial charge is 0.329 e. The third-order valence-electron chi connectivity index (χ3n) is 3.53. The van der Waals surface area contributed by atoms with E-state index in [4.69, 9.17) is 5.73 Å². The van der Waals surface area contributed by atoms with E-state index in [1.54, 1.807) is 0 Å². The van der Waals surface area contributed by atoms with Crippen LogP contribution in [-0.2, 0) is 0 Å². The lowest BCUT2D eigenvalue weighted by molar-refractivity contribution is 0.0752. The summed E-state index contributed by atoms with van der Waals surface area (Å²) in [5, 5.41) is 2.14. The van der Waals surface area contributed by atoms with Gasteiger partial charge in [-0.1, -0.05) is 6.07 Å². The fraction of sp³-hybridized carbons (Fsp3) is 0.667. The van der Waals surface area contributed by atoms with E-state index >= 15 is 0 Å². The van der Waals surface area contributed by atoms with Crippen molar-refractivity contribution in [2.75, 3.05) is 33.2 Å². The Labute approximate surface area is 102 Å². The maximum atomic E-state index is 5.93. The minimum absolute atomic E-state index is 0.413. The van der Waals surface area contributed by atoms with Gasteiger partial charge in [0, 0.05) is 37.1 Å². The van der Waals surface area contributed by atoms with E-state index in [-0.39, 0.29) is 0 Å². The molecule has 1 aliphatic rings. The molecule has 0 aromatic carbocycles. The molecule has 3 nitrogen and oxygen atoms in total. The van der Waals surface area contributed by atoms with E-state index in [1.807, 2.05) is 11.3 Å². The summed E-state index contributed by atoms with van der Waals surface area (Å²) in [6.45, 7) is 6.39. The smallest absolute Gasteiger partial charge is 0.0565 e. The third kappa shape index (κ3) is 2.46. The van der Waals surface area contributed by atoms with Crippen LogP contribution in [0.2, 0.25) is 0 Å². The summed E-state index contributed by atoms with van der Waals surface area (Å²) in [5.41, 5.74) is 5.93. The summed E-state index contributed by atoms with van der Waals surface area (Å²) in [4.78, 5) is 6.34. The second-order valence-corrected chi connectivity index (χ2v) is 5.57. The molecule has 0 radical (unpaired) electrons. The van der Waals surface area contributed by atoms with Gasteiger partial charge in [-0.2, -0.15) is 0 Å². The molecular formula is C12H21N3S. The van der Waals surface area contributed by atoms with Gasteiger partial charge in [0.1, 0.15) is 0 Å². The Balaban J connectivity index is 2.05. The first-order valence-corrected chi connectivity index (χ1v) is 6.78. The minimum Gasteiger partial charge on any atom is -0.329 e. The van der Waals surface area contributed by atoms with Crippen LogP contribution in [0, 0.1) is 0 Å². The summed E-state index contributed by atoms with van der Waals surface area (Å²) >= 11 is 1.82. The average molecular weight is 239 g/mol. The topological polar surface area (TPSA) is 32.5 Å². The Morgan fingerprint density at radius 3 is 2.94 bits per heavy atom. The van der Waals surface area contributed by atoms with E-state index in [1.165, 1.54) is 4.88 Å². The first-order valence-electron chi connectivity index (χ1n) is 5.90. The van der Waals surface area contributed by atoms with Gasteiger partial charge in [-0.15, -0.1) is 11.3 Å². The first kappa shape index (κ1) is 12.0. The average Bonchev–Trinajstić information content (AvgIpc) is 2.78. The van der Waals surface area contributed by atoms with E-state index in [0.29, 0.717) is 12.1 Å². The van der Waals surface area contributed by atoms with Gasteiger partial charge in [0.2, 0.25) is 0 Å². The summed E-state index contributed by atoms with van der Waals surface area (Å²) in [5.74, 6) is 0. The molecule has 90 valence electrons. The molecule has 2 heterocycles.